The van der Waals surface area contributed by atoms with Gasteiger partial charge in [0.05, 0.1) is 5.56 Å². The van der Waals surface area contributed by atoms with Crippen molar-refractivity contribution in [1.29, 1.82) is 0 Å². The number of hydrogen-bond donors (Lipinski definition) is 0. The van der Waals surface area contributed by atoms with Gasteiger partial charge in [0.15, 0.2) is 17.5 Å². The molecule has 12 rings (SSSR count). The number of fused-ring (bicyclic) bond motifs is 8. The Morgan fingerprint density at radius 1 is 0.271 bits per heavy atom. The predicted molar refractivity (Wildman–Crippen MR) is 244 cm³/mol. The molecule has 0 aliphatic heterocycles. The van der Waals surface area contributed by atoms with E-state index in [2.05, 4.69) is 182 Å². The topological polar surface area (TPSA) is 51.8 Å². The molecule has 0 radical (unpaired) electrons. The number of furan rings is 1. The summed E-state index contributed by atoms with van der Waals surface area (Å²) in [5.41, 5.74) is 8.60. The van der Waals surface area contributed by atoms with E-state index in [4.69, 9.17) is 19.4 Å². The fourth-order valence-electron chi connectivity index (χ4n) is 9.04. The first-order valence-electron chi connectivity index (χ1n) is 19.9. The Hall–Kier alpha value is -7.95. The summed E-state index contributed by atoms with van der Waals surface area (Å²) in [6.07, 6.45) is 0. The van der Waals surface area contributed by atoms with E-state index in [1.165, 1.54) is 32.3 Å². The second-order valence-electron chi connectivity index (χ2n) is 15.1. The number of benzene rings is 10. The molecule has 0 atom stereocenters. The molecule has 2 aromatic heterocycles. The van der Waals surface area contributed by atoms with Crippen LogP contribution in [0.15, 0.2) is 205 Å². The Bertz CT molecular complexity index is 3630. The molecule has 4 heteroatoms. The lowest BCUT2D eigenvalue weighted by molar-refractivity contribution is 0.669. The van der Waals surface area contributed by atoms with Gasteiger partial charge in [0, 0.05) is 21.9 Å². The Labute approximate surface area is 339 Å². The van der Waals surface area contributed by atoms with E-state index in [0.29, 0.717) is 17.5 Å². The summed E-state index contributed by atoms with van der Waals surface area (Å²) in [4.78, 5) is 16.4. The van der Waals surface area contributed by atoms with Gasteiger partial charge in [-0.15, -0.1) is 0 Å². The molecule has 2 heterocycles. The van der Waals surface area contributed by atoms with Gasteiger partial charge in [-0.05, 0) is 83.5 Å². The van der Waals surface area contributed by atoms with Crippen LogP contribution in [0, 0.1) is 0 Å². The van der Waals surface area contributed by atoms with Gasteiger partial charge in [-0.3, -0.25) is 0 Å². The second-order valence-corrected chi connectivity index (χ2v) is 15.1. The van der Waals surface area contributed by atoms with Crippen LogP contribution < -0.4 is 0 Å². The van der Waals surface area contributed by atoms with Crippen LogP contribution in [-0.4, -0.2) is 15.0 Å². The van der Waals surface area contributed by atoms with E-state index in [-0.39, 0.29) is 0 Å². The van der Waals surface area contributed by atoms with Crippen molar-refractivity contribution in [3.05, 3.63) is 200 Å². The molecule has 0 aliphatic carbocycles. The summed E-state index contributed by atoms with van der Waals surface area (Å²) in [6, 6.07) is 70.5. The first-order chi connectivity index (χ1) is 29.3. The average Bonchev–Trinajstić information content (AvgIpc) is 3.70. The molecule has 4 nitrogen and oxygen atoms in total. The smallest absolute Gasteiger partial charge is 0.167 e. The maximum Gasteiger partial charge on any atom is 0.167 e. The van der Waals surface area contributed by atoms with Gasteiger partial charge >= 0.3 is 0 Å². The van der Waals surface area contributed by atoms with Crippen LogP contribution in [0.5, 0.6) is 0 Å². The third kappa shape index (κ3) is 5.34. The molecule has 10 aromatic carbocycles. The number of hydrogen-bond acceptors (Lipinski definition) is 4. The van der Waals surface area contributed by atoms with Gasteiger partial charge in [0.2, 0.25) is 0 Å². The largest absolute Gasteiger partial charge is 0.455 e. The van der Waals surface area contributed by atoms with E-state index in [1.54, 1.807) is 0 Å². The monoisotopic (exact) mass is 751 g/mol. The summed E-state index contributed by atoms with van der Waals surface area (Å²) in [7, 11) is 0. The second kappa shape index (κ2) is 13.3. The maximum absolute atomic E-state index is 6.62. The zero-order valence-corrected chi connectivity index (χ0v) is 31.8. The lowest BCUT2D eigenvalue weighted by atomic mass is 9.88. The molecular weight excluding hydrogens is 719 g/mol. The maximum atomic E-state index is 6.62. The minimum atomic E-state index is 0.546. The third-order valence-electron chi connectivity index (χ3n) is 11.7. The van der Waals surface area contributed by atoms with E-state index in [1.807, 2.05) is 18.2 Å². The Morgan fingerprint density at radius 2 is 0.797 bits per heavy atom. The van der Waals surface area contributed by atoms with Crippen LogP contribution in [0.1, 0.15) is 0 Å². The molecule has 274 valence electrons. The van der Waals surface area contributed by atoms with Gasteiger partial charge < -0.3 is 4.42 Å². The van der Waals surface area contributed by atoms with Gasteiger partial charge in [-0.25, -0.2) is 15.0 Å². The van der Waals surface area contributed by atoms with Crippen molar-refractivity contribution in [2.45, 2.75) is 0 Å². The van der Waals surface area contributed by atoms with E-state index < -0.39 is 0 Å². The first kappa shape index (κ1) is 33.2. The minimum Gasteiger partial charge on any atom is -0.455 e. The molecule has 0 unspecified atom stereocenters. The van der Waals surface area contributed by atoms with Crippen LogP contribution >= 0.6 is 0 Å². The molecule has 0 saturated heterocycles. The van der Waals surface area contributed by atoms with Crippen LogP contribution in [0.2, 0.25) is 0 Å². The van der Waals surface area contributed by atoms with Crippen LogP contribution in [-0.2, 0) is 0 Å². The van der Waals surface area contributed by atoms with E-state index in [0.717, 1.165) is 71.7 Å². The highest BCUT2D eigenvalue weighted by Crippen LogP contribution is 2.44. The van der Waals surface area contributed by atoms with Crippen molar-refractivity contribution < 1.29 is 4.42 Å². The van der Waals surface area contributed by atoms with Crippen molar-refractivity contribution in [3.63, 3.8) is 0 Å². The van der Waals surface area contributed by atoms with Crippen molar-refractivity contribution in [3.8, 4) is 56.4 Å². The third-order valence-corrected chi connectivity index (χ3v) is 11.7. The SMILES string of the molecule is c1ccc(-c2cccc3ccccc23)c(-c2nc(-c3c(-c4cc5ccccc5c5ccccc45)ccc4ccccc34)nc(-c3cccc4c3oc3ccccc34)n2)c1. The van der Waals surface area contributed by atoms with Gasteiger partial charge in [-0.1, -0.05) is 182 Å². The number of para-hydroxylation sites is 2. The van der Waals surface area contributed by atoms with Crippen molar-refractivity contribution in [1.82, 2.24) is 15.0 Å². The van der Waals surface area contributed by atoms with E-state index >= 15 is 0 Å². The number of rotatable bonds is 5. The molecule has 0 spiro atoms. The van der Waals surface area contributed by atoms with Gasteiger partial charge in [-0.2, -0.15) is 0 Å². The highest BCUT2D eigenvalue weighted by atomic mass is 16.3. The van der Waals surface area contributed by atoms with Gasteiger partial charge in [0.25, 0.3) is 0 Å². The highest BCUT2D eigenvalue weighted by molar-refractivity contribution is 6.17. The molecular formula is C55H33N3O. The van der Waals surface area contributed by atoms with Crippen molar-refractivity contribution >= 4 is 65.0 Å². The van der Waals surface area contributed by atoms with Crippen LogP contribution in [0.25, 0.3) is 121 Å². The summed E-state index contributed by atoms with van der Waals surface area (Å²) >= 11 is 0. The fourth-order valence-corrected chi connectivity index (χ4v) is 9.04. The summed E-state index contributed by atoms with van der Waals surface area (Å²) < 4.78 is 6.62. The zero-order chi connectivity index (χ0) is 38.9. The molecule has 12 aromatic rings. The predicted octanol–water partition coefficient (Wildman–Crippen LogP) is 14.7. The lowest BCUT2D eigenvalue weighted by Gasteiger charge is -2.18. The molecule has 0 saturated carbocycles. The van der Waals surface area contributed by atoms with Gasteiger partial charge in [0.1, 0.15) is 11.2 Å². The quantitative estimate of drug-likeness (QED) is 0.164. The zero-order valence-electron chi connectivity index (χ0n) is 31.8. The molecule has 59 heavy (non-hydrogen) atoms. The molecule has 0 fully saturated rings. The van der Waals surface area contributed by atoms with Crippen molar-refractivity contribution in [2.24, 2.45) is 0 Å². The molecule has 0 aliphatic rings. The Kier molecular flexibility index (Phi) is 7.50. The highest BCUT2D eigenvalue weighted by Gasteiger charge is 2.23. The van der Waals surface area contributed by atoms with Crippen LogP contribution in [0.3, 0.4) is 0 Å². The van der Waals surface area contributed by atoms with Crippen molar-refractivity contribution in [2.75, 3.05) is 0 Å². The van der Waals surface area contributed by atoms with Crippen LogP contribution in [0.4, 0.5) is 0 Å². The normalized spacial score (nSPS) is 11.7. The lowest BCUT2D eigenvalue weighted by Crippen LogP contribution is -2.03. The first-order valence-corrected chi connectivity index (χ1v) is 19.9. The Morgan fingerprint density at radius 3 is 1.63 bits per heavy atom. The molecule has 0 amide bonds. The number of nitrogens with zero attached hydrogens (tertiary/aromatic N) is 3. The fraction of sp³-hybridized carbons (Fsp3) is 0. The summed E-state index contributed by atoms with van der Waals surface area (Å²) in [5.74, 6) is 1.73. The minimum absolute atomic E-state index is 0.546. The standard InChI is InChI=1S/C55H33N3O/c1-4-19-37-34(15-1)18-13-27-41(37)42-23-9-10-26-47(42)53-56-54(48-29-14-28-46-44-25-11-12-30-50(44)59-52(46)48)58-55(57-53)51-39-21-6-2-16-35(39)31-32-45(51)49-33-36-17-3-5-20-38(36)40-22-7-8-24-43(40)49/h1-33H. The number of aromatic nitrogens is 3. The van der Waals surface area contributed by atoms with E-state index in [9.17, 15) is 0 Å². The molecule has 0 N–H and O–H groups in total. The summed E-state index contributed by atoms with van der Waals surface area (Å²) in [6.45, 7) is 0. The average molecular weight is 752 g/mol. The molecule has 0 bridgehead atoms. The Balaban J connectivity index is 1.19. The summed E-state index contributed by atoms with van der Waals surface area (Å²) in [5, 5.41) is 11.4.